The van der Waals surface area contributed by atoms with Crippen LogP contribution in [0.15, 0.2) is 42.7 Å². The summed E-state index contributed by atoms with van der Waals surface area (Å²) in [5.41, 5.74) is 1.66. The highest BCUT2D eigenvalue weighted by atomic mass is 16.2. The SMILES string of the molecule is O=C(Nc1ccccc1-n1cccn1)[C@@H]1CCCN1. The fourth-order valence-electron chi connectivity index (χ4n) is 2.32. The minimum Gasteiger partial charge on any atom is -0.323 e. The van der Waals surface area contributed by atoms with Crippen molar-refractivity contribution < 1.29 is 4.79 Å². The van der Waals surface area contributed by atoms with E-state index in [1.807, 2.05) is 36.5 Å². The summed E-state index contributed by atoms with van der Waals surface area (Å²) < 4.78 is 1.75. The minimum absolute atomic E-state index is 0.0251. The monoisotopic (exact) mass is 256 g/mol. The van der Waals surface area contributed by atoms with Gasteiger partial charge in [0.15, 0.2) is 0 Å². The molecule has 1 atom stereocenters. The number of carbonyl (C=O) groups is 1. The molecule has 5 nitrogen and oxygen atoms in total. The van der Waals surface area contributed by atoms with E-state index in [1.165, 1.54) is 0 Å². The highest BCUT2D eigenvalue weighted by molar-refractivity contribution is 5.96. The first-order valence-electron chi connectivity index (χ1n) is 6.48. The zero-order chi connectivity index (χ0) is 13.1. The third kappa shape index (κ3) is 2.51. The molecule has 2 heterocycles. The Balaban J connectivity index is 1.83. The number of nitrogens with zero attached hydrogens (tertiary/aromatic N) is 2. The fourth-order valence-corrected chi connectivity index (χ4v) is 2.32. The third-order valence-corrected chi connectivity index (χ3v) is 3.29. The molecule has 0 bridgehead atoms. The van der Waals surface area contributed by atoms with Crippen molar-refractivity contribution in [1.82, 2.24) is 15.1 Å². The van der Waals surface area contributed by atoms with Crippen LogP contribution in [0.5, 0.6) is 0 Å². The summed E-state index contributed by atoms with van der Waals surface area (Å²) in [4.78, 5) is 12.1. The lowest BCUT2D eigenvalue weighted by Crippen LogP contribution is -2.35. The predicted octanol–water partition coefficient (Wildman–Crippen LogP) is 1.56. The molecule has 2 aromatic rings. The molecule has 1 aliphatic heterocycles. The predicted molar refractivity (Wildman–Crippen MR) is 73.2 cm³/mol. The van der Waals surface area contributed by atoms with Gasteiger partial charge in [-0.15, -0.1) is 0 Å². The van der Waals surface area contributed by atoms with Gasteiger partial charge in [-0.2, -0.15) is 5.10 Å². The van der Waals surface area contributed by atoms with Crippen molar-refractivity contribution in [2.75, 3.05) is 11.9 Å². The van der Waals surface area contributed by atoms with E-state index in [0.717, 1.165) is 30.8 Å². The number of rotatable bonds is 3. The minimum atomic E-state index is -0.0781. The molecule has 1 fully saturated rings. The largest absolute Gasteiger partial charge is 0.323 e. The first-order valence-corrected chi connectivity index (χ1v) is 6.48. The number of para-hydroxylation sites is 2. The molecule has 0 radical (unpaired) electrons. The average Bonchev–Trinajstić information content (AvgIpc) is 3.13. The number of aromatic nitrogens is 2. The van der Waals surface area contributed by atoms with E-state index >= 15 is 0 Å². The number of carbonyl (C=O) groups excluding carboxylic acids is 1. The molecule has 0 saturated carbocycles. The molecule has 1 amide bonds. The molecule has 1 aliphatic rings. The number of hydrogen-bond acceptors (Lipinski definition) is 3. The van der Waals surface area contributed by atoms with Gasteiger partial charge in [-0.25, -0.2) is 4.68 Å². The van der Waals surface area contributed by atoms with Gasteiger partial charge in [0.1, 0.15) is 0 Å². The number of nitrogens with one attached hydrogen (secondary N) is 2. The second-order valence-corrected chi connectivity index (χ2v) is 4.61. The normalized spacial score (nSPS) is 18.4. The lowest BCUT2D eigenvalue weighted by atomic mass is 10.2. The molecule has 3 rings (SSSR count). The lowest BCUT2D eigenvalue weighted by molar-refractivity contribution is -0.117. The van der Waals surface area contributed by atoms with E-state index in [9.17, 15) is 4.79 Å². The first-order chi connectivity index (χ1) is 9.34. The van der Waals surface area contributed by atoms with Gasteiger partial charge in [0, 0.05) is 12.4 Å². The standard InChI is InChI=1S/C14H16N4O/c19-14(12-6-3-8-15-12)17-11-5-1-2-7-13(11)18-10-4-9-16-18/h1-2,4-5,7,9-10,12,15H,3,6,8H2,(H,17,19)/t12-/m0/s1. The maximum Gasteiger partial charge on any atom is 0.241 e. The Morgan fingerprint density at radius 1 is 1.37 bits per heavy atom. The molecule has 0 unspecified atom stereocenters. The topological polar surface area (TPSA) is 59.0 Å². The molecule has 1 saturated heterocycles. The summed E-state index contributed by atoms with van der Waals surface area (Å²) in [7, 11) is 0. The van der Waals surface area contributed by atoms with Gasteiger partial charge >= 0.3 is 0 Å². The van der Waals surface area contributed by atoms with E-state index in [2.05, 4.69) is 15.7 Å². The summed E-state index contributed by atoms with van der Waals surface area (Å²) in [5.74, 6) is 0.0251. The highest BCUT2D eigenvalue weighted by Gasteiger charge is 2.22. The molecule has 1 aromatic heterocycles. The highest BCUT2D eigenvalue weighted by Crippen LogP contribution is 2.20. The van der Waals surface area contributed by atoms with Crippen molar-refractivity contribution >= 4 is 11.6 Å². The number of benzene rings is 1. The summed E-state index contributed by atoms with van der Waals surface area (Å²) >= 11 is 0. The molecule has 0 aliphatic carbocycles. The number of amides is 1. The van der Waals surface area contributed by atoms with Gasteiger partial charge in [0.25, 0.3) is 0 Å². The Morgan fingerprint density at radius 3 is 3.00 bits per heavy atom. The van der Waals surface area contributed by atoms with E-state index in [1.54, 1.807) is 10.9 Å². The van der Waals surface area contributed by atoms with Gasteiger partial charge in [0.2, 0.25) is 5.91 Å². The molecule has 0 spiro atoms. The number of hydrogen-bond donors (Lipinski definition) is 2. The second kappa shape index (κ2) is 5.24. The molecular formula is C14H16N4O. The third-order valence-electron chi connectivity index (χ3n) is 3.29. The summed E-state index contributed by atoms with van der Waals surface area (Å²) in [6, 6.07) is 9.45. The van der Waals surface area contributed by atoms with Gasteiger partial charge in [0.05, 0.1) is 17.4 Å². The smallest absolute Gasteiger partial charge is 0.241 e. The van der Waals surface area contributed by atoms with Crippen LogP contribution < -0.4 is 10.6 Å². The zero-order valence-electron chi connectivity index (χ0n) is 10.5. The van der Waals surface area contributed by atoms with Crippen LogP contribution in [0.4, 0.5) is 5.69 Å². The molecule has 2 N–H and O–H groups in total. The van der Waals surface area contributed by atoms with Gasteiger partial charge < -0.3 is 10.6 Å². The van der Waals surface area contributed by atoms with Crippen molar-refractivity contribution in [2.24, 2.45) is 0 Å². The van der Waals surface area contributed by atoms with Crippen LogP contribution in [0.3, 0.4) is 0 Å². The summed E-state index contributed by atoms with van der Waals surface area (Å²) in [6.45, 7) is 0.916. The first kappa shape index (κ1) is 11.9. The Morgan fingerprint density at radius 2 is 2.26 bits per heavy atom. The quantitative estimate of drug-likeness (QED) is 0.876. The van der Waals surface area contributed by atoms with Crippen LogP contribution >= 0.6 is 0 Å². The van der Waals surface area contributed by atoms with E-state index in [-0.39, 0.29) is 11.9 Å². The lowest BCUT2D eigenvalue weighted by Gasteiger charge is -2.14. The van der Waals surface area contributed by atoms with Crippen LogP contribution in [0.2, 0.25) is 0 Å². The van der Waals surface area contributed by atoms with Crippen molar-refractivity contribution in [3.63, 3.8) is 0 Å². The van der Waals surface area contributed by atoms with Crippen molar-refractivity contribution in [3.8, 4) is 5.69 Å². The van der Waals surface area contributed by atoms with Gasteiger partial charge in [-0.1, -0.05) is 12.1 Å². The Labute approximate surface area is 111 Å². The second-order valence-electron chi connectivity index (χ2n) is 4.61. The maximum absolute atomic E-state index is 12.1. The van der Waals surface area contributed by atoms with E-state index in [4.69, 9.17) is 0 Å². The molecule has 19 heavy (non-hydrogen) atoms. The Hall–Kier alpha value is -2.14. The molecular weight excluding hydrogens is 240 g/mol. The molecule has 5 heteroatoms. The zero-order valence-corrected chi connectivity index (χ0v) is 10.5. The average molecular weight is 256 g/mol. The molecule has 1 aromatic carbocycles. The van der Waals surface area contributed by atoms with Crippen molar-refractivity contribution in [2.45, 2.75) is 18.9 Å². The van der Waals surface area contributed by atoms with Crippen LogP contribution in [-0.2, 0) is 4.79 Å². The van der Waals surface area contributed by atoms with Crippen LogP contribution in [0, 0.1) is 0 Å². The fraction of sp³-hybridized carbons (Fsp3) is 0.286. The molecule has 98 valence electrons. The van der Waals surface area contributed by atoms with Gasteiger partial charge in [-0.05, 0) is 37.6 Å². The maximum atomic E-state index is 12.1. The van der Waals surface area contributed by atoms with Crippen LogP contribution in [-0.4, -0.2) is 28.3 Å². The number of anilines is 1. The van der Waals surface area contributed by atoms with Gasteiger partial charge in [-0.3, -0.25) is 4.79 Å². The summed E-state index contributed by atoms with van der Waals surface area (Å²) in [6.07, 6.45) is 5.53. The van der Waals surface area contributed by atoms with E-state index in [0.29, 0.717) is 0 Å². The van der Waals surface area contributed by atoms with E-state index < -0.39 is 0 Å². The Kier molecular flexibility index (Phi) is 3.29. The summed E-state index contributed by atoms with van der Waals surface area (Å²) in [5, 5.41) is 10.4. The van der Waals surface area contributed by atoms with Crippen LogP contribution in [0.1, 0.15) is 12.8 Å². The van der Waals surface area contributed by atoms with Crippen LogP contribution in [0.25, 0.3) is 5.69 Å². The Bertz CT molecular complexity index is 559. The van der Waals surface area contributed by atoms with Crippen molar-refractivity contribution in [3.05, 3.63) is 42.7 Å². The van der Waals surface area contributed by atoms with Crippen molar-refractivity contribution in [1.29, 1.82) is 0 Å².